The van der Waals surface area contributed by atoms with E-state index in [1.807, 2.05) is 26.0 Å². The van der Waals surface area contributed by atoms with Crippen LogP contribution in [-0.4, -0.2) is 29.5 Å². The molecule has 0 unspecified atom stereocenters. The van der Waals surface area contributed by atoms with E-state index < -0.39 is 0 Å². The number of aromatic nitrogens is 1. The van der Waals surface area contributed by atoms with Gasteiger partial charge < -0.3 is 15.4 Å². The third kappa shape index (κ3) is 4.77. The highest BCUT2D eigenvalue weighted by atomic mass is 16.5. The Labute approximate surface area is 115 Å². The van der Waals surface area contributed by atoms with Crippen LogP contribution in [0.15, 0.2) is 18.3 Å². The number of rotatable bonds is 7. The maximum Gasteiger partial charge on any atom is 0.171 e. The first-order valence-corrected chi connectivity index (χ1v) is 6.63. The lowest BCUT2D eigenvalue weighted by Crippen LogP contribution is -2.35. The van der Waals surface area contributed by atoms with Crippen LogP contribution in [0.2, 0.25) is 0 Å². The lowest BCUT2D eigenvalue weighted by Gasteiger charge is -2.29. The second-order valence-corrected chi connectivity index (χ2v) is 5.05. The molecule has 0 saturated heterocycles. The predicted octanol–water partition coefficient (Wildman–Crippen LogP) is 2.41. The molecule has 0 radical (unpaired) electrons. The van der Waals surface area contributed by atoms with Crippen LogP contribution in [0, 0.1) is 5.41 Å². The minimum absolute atomic E-state index is 0.102. The summed E-state index contributed by atoms with van der Waals surface area (Å²) < 4.78 is 5.79. The normalized spacial score (nSPS) is 10.8. The van der Waals surface area contributed by atoms with Crippen LogP contribution < -0.4 is 15.4 Å². The van der Waals surface area contributed by atoms with E-state index in [2.05, 4.69) is 23.7 Å². The topological polar surface area (TPSA) is 75.2 Å². The van der Waals surface area contributed by atoms with Gasteiger partial charge in [0.15, 0.2) is 11.6 Å². The van der Waals surface area contributed by atoms with E-state index in [1.54, 1.807) is 6.20 Å². The molecule has 0 saturated carbocycles. The first-order valence-electron chi connectivity index (χ1n) is 6.63. The smallest absolute Gasteiger partial charge is 0.171 e. The summed E-state index contributed by atoms with van der Waals surface area (Å²) in [6, 6.07) is 4.06. The van der Waals surface area contributed by atoms with Crippen LogP contribution in [0.25, 0.3) is 0 Å². The van der Waals surface area contributed by atoms with E-state index in [0.29, 0.717) is 13.0 Å². The van der Waals surface area contributed by atoms with Gasteiger partial charge in [-0.2, -0.15) is 0 Å². The van der Waals surface area contributed by atoms with Gasteiger partial charge in [-0.1, -0.05) is 0 Å². The molecule has 0 amide bonds. The van der Waals surface area contributed by atoms with Gasteiger partial charge in [-0.05, 0) is 39.8 Å². The molecule has 1 aromatic heterocycles. The first-order chi connectivity index (χ1) is 8.91. The Balaban J connectivity index is 2.97. The number of nitrogens with zero attached hydrogens (tertiary/aromatic N) is 2. The molecule has 0 aromatic carbocycles. The van der Waals surface area contributed by atoms with Crippen molar-refractivity contribution in [1.29, 1.82) is 5.41 Å². The zero-order chi connectivity index (χ0) is 14.4. The third-order valence-corrected chi connectivity index (χ3v) is 2.63. The summed E-state index contributed by atoms with van der Waals surface area (Å²) in [5.41, 5.74) is 5.44. The van der Waals surface area contributed by atoms with Crippen molar-refractivity contribution in [1.82, 2.24) is 4.98 Å². The van der Waals surface area contributed by atoms with Crippen LogP contribution in [0.5, 0.6) is 5.75 Å². The average molecular weight is 264 g/mol. The van der Waals surface area contributed by atoms with Crippen LogP contribution in [0.1, 0.15) is 34.1 Å². The third-order valence-electron chi connectivity index (χ3n) is 2.63. The van der Waals surface area contributed by atoms with Crippen molar-refractivity contribution >= 4 is 11.7 Å². The van der Waals surface area contributed by atoms with Gasteiger partial charge in [0, 0.05) is 25.2 Å². The molecule has 3 N–H and O–H groups in total. The summed E-state index contributed by atoms with van der Waals surface area (Å²) in [4.78, 5) is 6.53. The molecule has 0 aliphatic heterocycles. The molecule has 1 heterocycles. The second-order valence-electron chi connectivity index (χ2n) is 5.05. The fourth-order valence-electron chi connectivity index (χ4n) is 1.79. The maximum atomic E-state index is 7.36. The lowest BCUT2D eigenvalue weighted by molar-refractivity contribution is 0.241. The van der Waals surface area contributed by atoms with Crippen LogP contribution in [-0.2, 0) is 0 Å². The Morgan fingerprint density at radius 2 is 2.11 bits per heavy atom. The SMILES string of the molecule is CC(C)Oc1cccnc1N(CCC(=N)N)C(C)C. The minimum Gasteiger partial charge on any atom is -0.487 e. The van der Waals surface area contributed by atoms with Crippen molar-refractivity contribution in [2.75, 3.05) is 11.4 Å². The highest BCUT2D eigenvalue weighted by Crippen LogP contribution is 2.27. The molecule has 106 valence electrons. The molecule has 5 heteroatoms. The van der Waals surface area contributed by atoms with Crippen molar-refractivity contribution in [3.05, 3.63) is 18.3 Å². The number of nitrogens with one attached hydrogen (secondary N) is 1. The highest BCUT2D eigenvalue weighted by Gasteiger charge is 2.17. The Morgan fingerprint density at radius 1 is 1.42 bits per heavy atom. The van der Waals surface area contributed by atoms with Crippen molar-refractivity contribution in [3.8, 4) is 5.75 Å². The van der Waals surface area contributed by atoms with Gasteiger partial charge in [-0.3, -0.25) is 5.41 Å². The molecule has 0 spiro atoms. The van der Waals surface area contributed by atoms with Gasteiger partial charge in [-0.25, -0.2) is 4.98 Å². The number of anilines is 1. The largest absolute Gasteiger partial charge is 0.487 e. The number of nitrogens with two attached hydrogens (primary N) is 1. The quantitative estimate of drug-likeness (QED) is 0.586. The number of hydrogen-bond donors (Lipinski definition) is 2. The van der Waals surface area contributed by atoms with E-state index in [1.165, 1.54) is 0 Å². The summed E-state index contributed by atoms with van der Waals surface area (Å²) in [7, 11) is 0. The number of hydrogen-bond acceptors (Lipinski definition) is 4. The van der Waals surface area contributed by atoms with Gasteiger partial charge in [0.1, 0.15) is 0 Å². The zero-order valence-corrected chi connectivity index (χ0v) is 12.2. The molecule has 0 aliphatic carbocycles. The fraction of sp³-hybridized carbons (Fsp3) is 0.571. The van der Waals surface area contributed by atoms with Gasteiger partial charge in [0.25, 0.3) is 0 Å². The van der Waals surface area contributed by atoms with Crippen molar-refractivity contribution in [2.45, 2.75) is 46.3 Å². The number of pyridine rings is 1. The Kier molecular flexibility index (Phi) is 5.60. The van der Waals surface area contributed by atoms with Gasteiger partial charge in [0.05, 0.1) is 11.9 Å². The predicted molar refractivity (Wildman–Crippen MR) is 79.0 cm³/mol. The van der Waals surface area contributed by atoms with E-state index >= 15 is 0 Å². The van der Waals surface area contributed by atoms with Crippen molar-refractivity contribution < 1.29 is 4.74 Å². The molecular formula is C14H24N4O. The van der Waals surface area contributed by atoms with Gasteiger partial charge in [-0.15, -0.1) is 0 Å². The maximum absolute atomic E-state index is 7.36. The number of ether oxygens (including phenoxy) is 1. The summed E-state index contributed by atoms with van der Waals surface area (Å²) in [6.45, 7) is 8.83. The van der Waals surface area contributed by atoms with Gasteiger partial charge >= 0.3 is 0 Å². The van der Waals surface area contributed by atoms with E-state index in [4.69, 9.17) is 15.9 Å². The highest BCUT2D eigenvalue weighted by molar-refractivity contribution is 5.77. The van der Waals surface area contributed by atoms with Gasteiger partial charge in [0.2, 0.25) is 0 Å². The summed E-state index contributed by atoms with van der Waals surface area (Å²) >= 11 is 0. The molecule has 0 fully saturated rings. The van der Waals surface area contributed by atoms with E-state index in [0.717, 1.165) is 11.6 Å². The second kappa shape index (κ2) is 6.97. The standard InChI is InChI=1S/C14H24N4O/c1-10(2)18(9-7-13(15)16)14-12(19-11(3)4)6-5-8-17-14/h5-6,8,10-11H,7,9H2,1-4H3,(H3,15,16). The summed E-state index contributed by atoms with van der Waals surface area (Å²) in [5.74, 6) is 1.77. The summed E-state index contributed by atoms with van der Waals surface area (Å²) in [5, 5.41) is 7.36. The summed E-state index contributed by atoms with van der Waals surface area (Å²) in [6.07, 6.45) is 2.38. The van der Waals surface area contributed by atoms with E-state index in [9.17, 15) is 0 Å². The molecule has 5 nitrogen and oxygen atoms in total. The van der Waals surface area contributed by atoms with Crippen LogP contribution in [0.4, 0.5) is 5.82 Å². The van der Waals surface area contributed by atoms with Crippen LogP contribution >= 0.6 is 0 Å². The minimum atomic E-state index is 0.102. The molecule has 1 aromatic rings. The van der Waals surface area contributed by atoms with E-state index in [-0.39, 0.29) is 18.0 Å². The molecule has 0 bridgehead atoms. The Bertz CT molecular complexity index is 418. The monoisotopic (exact) mass is 264 g/mol. The number of amidine groups is 1. The Morgan fingerprint density at radius 3 is 2.63 bits per heavy atom. The molecule has 19 heavy (non-hydrogen) atoms. The van der Waals surface area contributed by atoms with Crippen molar-refractivity contribution in [3.63, 3.8) is 0 Å². The molecule has 1 rings (SSSR count). The fourth-order valence-corrected chi connectivity index (χ4v) is 1.79. The van der Waals surface area contributed by atoms with Crippen LogP contribution in [0.3, 0.4) is 0 Å². The average Bonchev–Trinajstić information content (AvgIpc) is 2.29. The lowest BCUT2D eigenvalue weighted by atomic mass is 10.2. The zero-order valence-electron chi connectivity index (χ0n) is 12.2. The Hall–Kier alpha value is -1.78. The molecular weight excluding hydrogens is 240 g/mol. The molecule has 0 aliphatic rings. The molecule has 0 atom stereocenters. The first kappa shape index (κ1) is 15.3. The van der Waals surface area contributed by atoms with Crippen molar-refractivity contribution in [2.24, 2.45) is 5.73 Å².